The van der Waals surface area contributed by atoms with Crippen LogP contribution in [0.1, 0.15) is 39.5 Å². The Hall–Kier alpha value is -0.410. The molecule has 0 heterocycles. The van der Waals surface area contributed by atoms with Crippen molar-refractivity contribution in [3.05, 3.63) is 0 Å². The predicted octanol–water partition coefficient (Wildman–Crippen LogP) is 1.11. The lowest BCUT2D eigenvalue weighted by molar-refractivity contribution is -0.120. The van der Waals surface area contributed by atoms with Gasteiger partial charge in [0.15, 0.2) is 0 Å². The molecule has 0 fully saturated rings. The van der Waals surface area contributed by atoms with Crippen molar-refractivity contribution >= 4 is 5.78 Å². The normalized spacial score (nSPS) is 12.8. The molecule has 0 aliphatic heterocycles. The molecule has 0 radical (unpaired) electrons. The van der Waals surface area contributed by atoms with Crippen LogP contribution in [0.2, 0.25) is 0 Å². The third-order valence-electron chi connectivity index (χ3n) is 1.76. The quantitative estimate of drug-likeness (QED) is 0.560. The van der Waals surface area contributed by atoms with Gasteiger partial charge in [0.25, 0.3) is 0 Å². The van der Waals surface area contributed by atoms with Crippen LogP contribution < -0.4 is 5.32 Å². The van der Waals surface area contributed by atoms with E-state index < -0.39 is 6.10 Å². The van der Waals surface area contributed by atoms with Gasteiger partial charge in [-0.3, -0.25) is 4.79 Å². The fraction of sp³-hybridized carbons (Fsp3) is 0.900. The summed E-state index contributed by atoms with van der Waals surface area (Å²) in [4.78, 5) is 11.1. The summed E-state index contributed by atoms with van der Waals surface area (Å²) in [7, 11) is 0. The Morgan fingerprint density at radius 1 is 1.46 bits per heavy atom. The van der Waals surface area contributed by atoms with Gasteiger partial charge in [-0.25, -0.2) is 0 Å². The summed E-state index contributed by atoms with van der Waals surface area (Å²) in [6.07, 6.45) is 2.40. The molecule has 0 aliphatic rings. The lowest BCUT2D eigenvalue weighted by atomic mass is 10.1. The molecule has 0 saturated heterocycles. The predicted molar refractivity (Wildman–Crippen MR) is 53.7 cm³/mol. The Balaban J connectivity index is 3.17. The van der Waals surface area contributed by atoms with Gasteiger partial charge < -0.3 is 10.4 Å². The van der Waals surface area contributed by atoms with E-state index in [2.05, 4.69) is 12.2 Å². The SMILES string of the molecule is CCCNCCCC(=O)CC(C)O. The topological polar surface area (TPSA) is 49.3 Å². The molecule has 0 rings (SSSR count). The second-order valence-corrected chi connectivity index (χ2v) is 3.45. The second-order valence-electron chi connectivity index (χ2n) is 3.45. The van der Waals surface area contributed by atoms with Gasteiger partial charge in [-0.1, -0.05) is 6.92 Å². The van der Waals surface area contributed by atoms with Gasteiger partial charge in [-0.15, -0.1) is 0 Å². The highest BCUT2D eigenvalue weighted by molar-refractivity contribution is 5.78. The van der Waals surface area contributed by atoms with Crippen LogP contribution in [-0.4, -0.2) is 30.1 Å². The van der Waals surface area contributed by atoms with Gasteiger partial charge in [-0.2, -0.15) is 0 Å². The number of Topliss-reactive ketones (excluding diaryl/α,β-unsaturated/α-hetero) is 1. The largest absolute Gasteiger partial charge is 0.393 e. The molecular weight excluding hydrogens is 166 g/mol. The van der Waals surface area contributed by atoms with Crippen molar-refractivity contribution < 1.29 is 9.90 Å². The maximum absolute atomic E-state index is 11.1. The molecule has 0 aromatic carbocycles. The second kappa shape index (κ2) is 8.20. The number of carbonyl (C=O) groups excluding carboxylic acids is 1. The summed E-state index contributed by atoms with van der Waals surface area (Å²) < 4.78 is 0. The zero-order valence-corrected chi connectivity index (χ0v) is 8.68. The van der Waals surface area contributed by atoms with Gasteiger partial charge in [0, 0.05) is 12.8 Å². The molecule has 1 unspecified atom stereocenters. The Morgan fingerprint density at radius 2 is 2.15 bits per heavy atom. The highest BCUT2D eigenvalue weighted by Gasteiger charge is 2.04. The van der Waals surface area contributed by atoms with Crippen molar-refractivity contribution in [3.8, 4) is 0 Å². The van der Waals surface area contributed by atoms with Crippen LogP contribution in [0.4, 0.5) is 0 Å². The summed E-state index contributed by atoms with van der Waals surface area (Å²) in [5.41, 5.74) is 0. The molecule has 3 heteroatoms. The number of aliphatic hydroxyl groups excluding tert-OH is 1. The van der Waals surface area contributed by atoms with Gasteiger partial charge in [0.2, 0.25) is 0 Å². The molecule has 0 saturated carbocycles. The summed E-state index contributed by atoms with van der Waals surface area (Å²) >= 11 is 0. The number of nitrogens with one attached hydrogen (secondary N) is 1. The van der Waals surface area contributed by atoms with Crippen LogP contribution in [0, 0.1) is 0 Å². The molecule has 0 amide bonds. The first kappa shape index (κ1) is 12.6. The van der Waals surface area contributed by atoms with E-state index in [1.807, 2.05) is 0 Å². The molecule has 0 aromatic heterocycles. The number of hydrogen-bond donors (Lipinski definition) is 2. The van der Waals surface area contributed by atoms with Crippen molar-refractivity contribution in [2.24, 2.45) is 0 Å². The van der Waals surface area contributed by atoms with Gasteiger partial charge >= 0.3 is 0 Å². The molecule has 1 atom stereocenters. The fourth-order valence-corrected chi connectivity index (χ4v) is 1.14. The van der Waals surface area contributed by atoms with E-state index in [4.69, 9.17) is 5.11 Å². The smallest absolute Gasteiger partial charge is 0.135 e. The Kier molecular flexibility index (Phi) is 7.94. The lowest BCUT2D eigenvalue weighted by Gasteiger charge is -2.04. The summed E-state index contributed by atoms with van der Waals surface area (Å²) in [5.74, 6) is 0.160. The molecule has 2 N–H and O–H groups in total. The Morgan fingerprint density at radius 3 is 2.69 bits per heavy atom. The molecule has 0 aliphatic carbocycles. The zero-order chi connectivity index (χ0) is 10.1. The van der Waals surface area contributed by atoms with Crippen molar-refractivity contribution in [1.29, 1.82) is 0 Å². The van der Waals surface area contributed by atoms with E-state index in [1.165, 1.54) is 0 Å². The van der Waals surface area contributed by atoms with Crippen molar-refractivity contribution in [1.82, 2.24) is 5.32 Å². The third kappa shape index (κ3) is 9.50. The minimum atomic E-state index is -0.490. The standard InChI is InChI=1S/C10H21NO2/c1-3-6-11-7-4-5-10(13)8-9(2)12/h9,11-12H,3-8H2,1-2H3. The highest BCUT2D eigenvalue weighted by Crippen LogP contribution is 1.98. The number of hydrogen-bond acceptors (Lipinski definition) is 3. The third-order valence-corrected chi connectivity index (χ3v) is 1.76. The molecule has 0 bridgehead atoms. The minimum Gasteiger partial charge on any atom is -0.393 e. The van der Waals surface area contributed by atoms with Crippen LogP contribution in [0.25, 0.3) is 0 Å². The molecule has 0 aromatic rings. The monoisotopic (exact) mass is 187 g/mol. The average Bonchev–Trinajstić information content (AvgIpc) is 2.02. The van der Waals surface area contributed by atoms with E-state index >= 15 is 0 Å². The van der Waals surface area contributed by atoms with E-state index in [-0.39, 0.29) is 5.78 Å². The van der Waals surface area contributed by atoms with Gasteiger partial charge in [0.1, 0.15) is 5.78 Å². The number of ketones is 1. The number of carbonyl (C=O) groups is 1. The summed E-state index contributed by atoms with van der Waals surface area (Å²) in [5, 5.41) is 12.2. The highest BCUT2D eigenvalue weighted by atomic mass is 16.3. The molecule has 78 valence electrons. The van der Waals surface area contributed by atoms with E-state index in [0.717, 1.165) is 25.9 Å². The van der Waals surface area contributed by atoms with E-state index in [1.54, 1.807) is 6.92 Å². The van der Waals surface area contributed by atoms with Crippen LogP contribution in [0.3, 0.4) is 0 Å². The maximum Gasteiger partial charge on any atom is 0.135 e. The molecule has 0 spiro atoms. The first-order chi connectivity index (χ1) is 6.16. The Bertz CT molecular complexity index is 135. The first-order valence-corrected chi connectivity index (χ1v) is 5.07. The minimum absolute atomic E-state index is 0.160. The van der Waals surface area contributed by atoms with E-state index in [9.17, 15) is 4.79 Å². The number of rotatable bonds is 8. The van der Waals surface area contributed by atoms with Crippen molar-refractivity contribution in [2.75, 3.05) is 13.1 Å². The lowest BCUT2D eigenvalue weighted by Crippen LogP contribution is -2.17. The van der Waals surface area contributed by atoms with Crippen LogP contribution in [0.15, 0.2) is 0 Å². The fourth-order valence-electron chi connectivity index (χ4n) is 1.14. The zero-order valence-electron chi connectivity index (χ0n) is 8.68. The maximum atomic E-state index is 11.1. The average molecular weight is 187 g/mol. The van der Waals surface area contributed by atoms with Crippen LogP contribution in [0.5, 0.6) is 0 Å². The Labute approximate surface area is 80.5 Å². The van der Waals surface area contributed by atoms with E-state index in [0.29, 0.717) is 12.8 Å². The van der Waals surface area contributed by atoms with Gasteiger partial charge in [-0.05, 0) is 32.9 Å². The molecule has 13 heavy (non-hydrogen) atoms. The molecule has 3 nitrogen and oxygen atoms in total. The molecular formula is C10H21NO2. The van der Waals surface area contributed by atoms with Gasteiger partial charge in [0.05, 0.1) is 6.10 Å². The summed E-state index contributed by atoms with van der Waals surface area (Å²) in [6.45, 7) is 5.68. The first-order valence-electron chi connectivity index (χ1n) is 5.07. The van der Waals surface area contributed by atoms with Crippen LogP contribution >= 0.6 is 0 Å². The van der Waals surface area contributed by atoms with Crippen LogP contribution in [-0.2, 0) is 4.79 Å². The number of aliphatic hydroxyl groups is 1. The summed E-state index contributed by atoms with van der Waals surface area (Å²) in [6, 6.07) is 0. The van der Waals surface area contributed by atoms with Crippen molar-refractivity contribution in [3.63, 3.8) is 0 Å². The van der Waals surface area contributed by atoms with Crippen molar-refractivity contribution in [2.45, 2.75) is 45.6 Å².